The van der Waals surface area contributed by atoms with Crippen LogP contribution in [0.5, 0.6) is 11.5 Å². The zero-order valence-corrected chi connectivity index (χ0v) is 21.7. The van der Waals surface area contributed by atoms with Crippen LogP contribution in [0.25, 0.3) is 0 Å². The number of halogens is 1. The van der Waals surface area contributed by atoms with Crippen LogP contribution in [0.15, 0.2) is 59.9 Å². The van der Waals surface area contributed by atoms with Gasteiger partial charge < -0.3 is 14.4 Å². The van der Waals surface area contributed by atoms with Crippen LogP contribution in [0.4, 0.5) is 0 Å². The van der Waals surface area contributed by atoms with E-state index >= 15 is 0 Å². The van der Waals surface area contributed by atoms with Gasteiger partial charge in [0.05, 0.1) is 18.1 Å². The van der Waals surface area contributed by atoms with Crippen LogP contribution in [-0.4, -0.2) is 67.0 Å². The van der Waals surface area contributed by atoms with Crippen molar-refractivity contribution in [3.8, 4) is 11.5 Å². The average molecular weight is 514 g/mol. The first-order chi connectivity index (χ1) is 16.8. The molecule has 184 valence electrons. The van der Waals surface area contributed by atoms with Crippen molar-refractivity contribution >= 4 is 34.9 Å². The van der Waals surface area contributed by atoms with E-state index in [-0.39, 0.29) is 23.7 Å². The van der Waals surface area contributed by atoms with Crippen LogP contribution >= 0.6 is 23.4 Å². The Morgan fingerprint density at radius 1 is 1.11 bits per heavy atom. The average Bonchev–Trinajstić information content (AvgIpc) is 2.87. The van der Waals surface area contributed by atoms with E-state index in [0.29, 0.717) is 39.4 Å². The number of hydrogen-bond donors (Lipinski definition) is 0. The molecule has 0 radical (unpaired) electrons. The first-order valence-electron chi connectivity index (χ1n) is 11.0. The summed E-state index contributed by atoms with van der Waals surface area (Å²) in [5, 5.41) is 0.907. The molecule has 1 heterocycles. The number of carbonyl (C=O) groups excluding carboxylic acids is 2. The number of benzene rings is 2. The van der Waals surface area contributed by atoms with Crippen molar-refractivity contribution in [2.45, 2.75) is 17.5 Å². The smallest absolute Gasteiger partial charge is 0.189 e. The molecule has 7 nitrogen and oxygen atoms in total. The van der Waals surface area contributed by atoms with Gasteiger partial charge in [0, 0.05) is 24.7 Å². The molecule has 0 saturated carbocycles. The molecule has 9 heteroatoms. The van der Waals surface area contributed by atoms with Crippen molar-refractivity contribution in [2.75, 3.05) is 40.6 Å². The fourth-order valence-electron chi connectivity index (χ4n) is 3.40. The summed E-state index contributed by atoms with van der Waals surface area (Å²) in [4.78, 5) is 37.3. The van der Waals surface area contributed by atoms with Crippen molar-refractivity contribution in [3.05, 3.63) is 76.6 Å². The third-order valence-corrected chi connectivity index (χ3v) is 6.21. The summed E-state index contributed by atoms with van der Waals surface area (Å²) in [6.07, 6.45) is 3.34. The predicted octanol–water partition coefficient (Wildman–Crippen LogP) is 5.04. The van der Waals surface area contributed by atoms with Crippen LogP contribution in [0.1, 0.15) is 38.7 Å². The SMILES string of the molecule is COc1cc(C(CC(=O)c2ccc(OCCN(C)C)cc2)C(=O)c2ccnc(SC)n2)ccc1Cl. The van der Waals surface area contributed by atoms with Gasteiger partial charge in [-0.05, 0) is 68.4 Å². The Morgan fingerprint density at radius 2 is 1.86 bits per heavy atom. The molecule has 0 saturated heterocycles. The number of thioether (sulfide) groups is 1. The van der Waals surface area contributed by atoms with Gasteiger partial charge in [0.1, 0.15) is 23.8 Å². The van der Waals surface area contributed by atoms with E-state index in [9.17, 15) is 9.59 Å². The Balaban J connectivity index is 1.86. The molecular weight excluding hydrogens is 486 g/mol. The third kappa shape index (κ3) is 7.27. The molecular formula is C26H28ClN3O4S. The van der Waals surface area contributed by atoms with E-state index in [1.54, 1.807) is 54.7 Å². The summed E-state index contributed by atoms with van der Waals surface area (Å²) in [5.74, 6) is -0.0974. The number of hydrogen-bond acceptors (Lipinski definition) is 8. The molecule has 0 aliphatic carbocycles. The molecule has 0 amide bonds. The van der Waals surface area contributed by atoms with Gasteiger partial charge in [0.2, 0.25) is 0 Å². The summed E-state index contributed by atoms with van der Waals surface area (Å²) in [6.45, 7) is 1.34. The van der Waals surface area contributed by atoms with Gasteiger partial charge in [-0.15, -0.1) is 0 Å². The van der Waals surface area contributed by atoms with Gasteiger partial charge in [-0.25, -0.2) is 9.97 Å². The minimum Gasteiger partial charge on any atom is -0.495 e. The third-order valence-electron chi connectivity index (χ3n) is 5.34. The zero-order valence-electron chi connectivity index (χ0n) is 20.2. The second kappa shape index (κ2) is 12.7. The van der Waals surface area contributed by atoms with Gasteiger partial charge in [-0.2, -0.15) is 0 Å². The maximum absolute atomic E-state index is 13.5. The Hall–Kier alpha value is -2.94. The molecule has 0 spiro atoms. The Morgan fingerprint density at radius 3 is 2.51 bits per heavy atom. The van der Waals surface area contributed by atoms with Gasteiger partial charge in [0.25, 0.3) is 0 Å². The zero-order chi connectivity index (χ0) is 25.4. The molecule has 0 bridgehead atoms. The number of nitrogens with zero attached hydrogens (tertiary/aromatic N) is 3. The number of Topliss-reactive ketones (excluding diaryl/α,β-unsaturated/α-hetero) is 2. The molecule has 1 atom stereocenters. The second-order valence-electron chi connectivity index (χ2n) is 8.04. The number of aromatic nitrogens is 2. The molecule has 35 heavy (non-hydrogen) atoms. The lowest BCUT2D eigenvalue weighted by Gasteiger charge is -2.17. The minimum absolute atomic E-state index is 0.0386. The van der Waals surface area contributed by atoms with E-state index in [4.69, 9.17) is 21.1 Å². The molecule has 1 unspecified atom stereocenters. The normalized spacial score (nSPS) is 11.8. The topological polar surface area (TPSA) is 81.6 Å². The van der Waals surface area contributed by atoms with E-state index in [1.165, 1.54) is 18.9 Å². The fourth-order valence-corrected chi connectivity index (χ4v) is 3.95. The summed E-state index contributed by atoms with van der Waals surface area (Å²) in [6, 6.07) is 13.6. The number of rotatable bonds is 12. The summed E-state index contributed by atoms with van der Waals surface area (Å²) < 4.78 is 11.0. The number of likely N-dealkylation sites (N-methyl/N-ethyl adjacent to an activating group) is 1. The minimum atomic E-state index is -0.769. The van der Waals surface area contributed by atoms with E-state index < -0.39 is 5.92 Å². The van der Waals surface area contributed by atoms with Crippen molar-refractivity contribution in [1.82, 2.24) is 14.9 Å². The highest BCUT2D eigenvalue weighted by Crippen LogP contribution is 2.32. The van der Waals surface area contributed by atoms with Gasteiger partial charge in [-0.1, -0.05) is 29.4 Å². The Labute approximate surface area is 214 Å². The lowest BCUT2D eigenvalue weighted by atomic mass is 9.86. The number of methoxy groups -OCH3 is 1. The van der Waals surface area contributed by atoms with E-state index in [1.807, 2.05) is 25.3 Å². The van der Waals surface area contributed by atoms with Crippen LogP contribution < -0.4 is 9.47 Å². The largest absolute Gasteiger partial charge is 0.495 e. The van der Waals surface area contributed by atoms with Gasteiger partial charge >= 0.3 is 0 Å². The van der Waals surface area contributed by atoms with E-state index in [2.05, 4.69) is 9.97 Å². The van der Waals surface area contributed by atoms with Crippen molar-refractivity contribution in [3.63, 3.8) is 0 Å². The number of carbonyl (C=O) groups is 2. The summed E-state index contributed by atoms with van der Waals surface area (Å²) in [5.41, 5.74) is 1.37. The maximum Gasteiger partial charge on any atom is 0.189 e. The van der Waals surface area contributed by atoms with Gasteiger partial charge in [-0.3, -0.25) is 9.59 Å². The lowest BCUT2D eigenvalue weighted by Crippen LogP contribution is -2.19. The van der Waals surface area contributed by atoms with E-state index in [0.717, 1.165) is 6.54 Å². The second-order valence-corrected chi connectivity index (χ2v) is 9.22. The standard InChI is InChI=1S/C26H28ClN3O4S/c1-30(2)13-14-34-19-8-5-17(6-9-19)23(31)16-20(18-7-10-21(27)24(15-18)33-3)25(32)22-11-12-28-26(29-22)35-4/h5-12,15,20H,13-14,16H2,1-4H3. The highest BCUT2D eigenvalue weighted by Gasteiger charge is 2.27. The highest BCUT2D eigenvalue weighted by molar-refractivity contribution is 7.98. The van der Waals surface area contributed by atoms with Crippen LogP contribution in [0, 0.1) is 0 Å². The maximum atomic E-state index is 13.5. The summed E-state index contributed by atoms with van der Waals surface area (Å²) in [7, 11) is 5.45. The van der Waals surface area contributed by atoms with Crippen molar-refractivity contribution in [2.24, 2.45) is 0 Å². The quantitative estimate of drug-likeness (QED) is 0.189. The van der Waals surface area contributed by atoms with Crippen molar-refractivity contribution < 1.29 is 19.1 Å². The first kappa shape index (κ1) is 26.7. The molecule has 3 aromatic rings. The summed E-state index contributed by atoms with van der Waals surface area (Å²) >= 11 is 7.53. The molecule has 0 N–H and O–H groups in total. The molecule has 0 aliphatic rings. The van der Waals surface area contributed by atoms with Crippen LogP contribution in [-0.2, 0) is 0 Å². The van der Waals surface area contributed by atoms with Crippen LogP contribution in [0.3, 0.4) is 0 Å². The fraction of sp³-hybridized carbons (Fsp3) is 0.308. The highest BCUT2D eigenvalue weighted by atomic mass is 35.5. The molecule has 0 fully saturated rings. The first-order valence-corrected chi connectivity index (χ1v) is 12.6. The molecule has 1 aromatic heterocycles. The predicted molar refractivity (Wildman–Crippen MR) is 138 cm³/mol. The van der Waals surface area contributed by atoms with Crippen LogP contribution in [0.2, 0.25) is 5.02 Å². The molecule has 2 aromatic carbocycles. The monoisotopic (exact) mass is 513 g/mol. The molecule has 0 aliphatic heterocycles. The lowest BCUT2D eigenvalue weighted by molar-refractivity contribution is 0.0889. The number of ketones is 2. The van der Waals surface area contributed by atoms with Crippen molar-refractivity contribution in [1.29, 1.82) is 0 Å². The Kier molecular flexibility index (Phi) is 9.65. The number of ether oxygens (including phenoxy) is 2. The Bertz CT molecular complexity index is 1170. The molecule has 3 rings (SSSR count). The van der Waals surface area contributed by atoms with Gasteiger partial charge in [0.15, 0.2) is 16.7 Å².